The molecule has 218 valence electrons. The maximum Gasteiger partial charge on any atom is 0.314 e. The van der Waals surface area contributed by atoms with Crippen LogP contribution in [0.5, 0.6) is 0 Å². The van der Waals surface area contributed by atoms with Crippen molar-refractivity contribution in [3.8, 4) is 0 Å². The quantitative estimate of drug-likeness (QED) is 0.248. The highest BCUT2D eigenvalue weighted by atomic mass is 16.6. The topological polar surface area (TPSA) is 130 Å². The van der Waals surface area contributed by atoms with E-state index in [0.29, 0.717) is 29.6 Å². The van der Waals surface area contributed by atoms with Crippen LogP contribution in [0, 0.1) is 35.5 Å². The molecule has 6 atom stereocenters. The number of aliphatic hydroxyl groups excluding tert-OH is 2. The summed E-state index contributed by atoms with van der Waals surface area (Å²) in [6.45, 7) is 13.2. The molecular formula is C29H54O8. The summed E-state index contributed by atoms with van der Waals surface area (Å²) in [5.74, 6) is 2.38. The van der Waals surface area contributed by atoms with E-state index < -0.39 is 18.2 Å². The molecule has 0 aromatic heterocycles. The molecular weight excluding hydrogens is 476 g/mol. The minimum atomic E-state index is -1.43. The third-order valence-corrected chi connectivity index (χ3v) is 7.60. The number of ether oxygens (including phenoxy) is 2. The first-order valence-corrected chi connectivity index (χ1v) is 13.8. The van der Waals surface area contributed by atoms with E-state index in [-0.39, 0.29) is 51.3 Å². The van der Waals surface area contributed by atoms with Gasteiger partial charge in [-0.15, -0.1) is 0 Å². The fourth-order valence-corrected chi connectivity index (χ4v) is 5.31. The zero-order valence-electron chi connectivity index (χ0n) is 23.2. The number of esters is 3. The van der Waals surface area contributed by atoms with Crippen LogP contribution < -0.4 is 0 Å². The van der Waals surface area contributed by atoms with Crippen LogP contribution in [0.1, 0.15) is 113 Å². The maximum absolute atomic E-state index is 11.6. The number of hydrogen-bond acceptors (Lipinski definition) is 8. The monoisotopic (exact) mass is 530 g/mol. The Balaban J connectivity index is 0.000000577. The van der Waals surface area contributed by atoms with Gasteiger partial charge in [0.1, 0.15) is 6.10 Å². The van der Waals surface area contributed by atoms with Gasteiger partial charge in [-0.05, 0) is 61.2 Å². The van der Waals surface area contributed by atoms with Crippen LogP contribution in [-0.4, -0.2) is 51.7 Å². The maximum atomic E-state index is 11.6. The van der Waals surface area contributed by atoms with Crippen LogP contribution in [0.2, 0.25) is 0 Å². The van der Waals surface area contributed by atoms with Crippen LogP contribution in [0.25, 0.3) is 0 Å². The molecule has 1 aliphatic heterocycles. The molecule has 3 N–H and O–H groups in total. The Morgan fingerprint density at radius 1 is 0.892 bits per heavy atom. The second-order valence-electron chi connectivity index (χ2n) is 11.6. The largest absolute Gasteiger partial charge is 0.462 e. The molecule has 37 heavy (non-hydrogen) atoms. The number of cyclic esters (lactones) is 2. The van der Waals surface area contributed by atoms with Crippen molar-refractivity contribution in [1.82, 2.24) is 0 Å². The van der Waals surface area contributed by atoms with E-state index in [1.807, 2.05) is 0 Å². The van der Waals surface area contributed by atoms with Crippen molar-refractivity contribution in [3.63, 3.8) is 0 Å². The van der Waals surface area contributed by atoms with Crippen molar-refractivity contribution in [2.24, 2.45) is 35.5 Å². The molecule has 0 aromatic rings. The smallest absolute Gasteiger partial charge is 0.314 e. The molecule has 0 bridgehead atoms. The van der Waals surface area contributed by atoms with E-state index in [4.69, 9.17) is 14.9 Å². The Hall–Kier alpha value is -1.51. The summed E-state index contributed by atoms with van der Waals surface area (Å²) in [6, 6.07) is 0. The van der Waals surface area contributed by atoms with Gasteiger partial charge in [0.25, 0.3) is 0 Å². The van der Waals surface area contributed by atoms with Gasteiger partial charge in [-0.2, -0.15) is 0 Å². The Kier molecular flexibility index (Phi) is 17.2. The number of carbonyl (C=O) groups is 3. The van der Waals surface area contributed by atoms with Gasteiger partial charge in [0.15, 0.2) is 6.29 Å². The lowest BCUT2D eigenvalue weighted by Crippen LogP contribution is -2.36. The lowest BCUT2D eigenvalue weighted by molar-refractivity contribution is -0.158. The molecule has 3 fully saturated rings. The first-order chi connectivity index (χ1) is 16.8. The predicted octanol–water partition coefficient (Wildman–Crippen LogP) is 5.01. The third kappa shape index (κ3) is 14.3. The lowest BCUT2D eigenvalue weighted by atomic mass is 9.75. The van der Waals surface area contributed by atoms with E-state index in [9.17, 15) is 19.5 Å². The van der Waals surface area contributed by atoms with Crippen molar-refractivity contribution < 1.29 is 39.2 Å². The van der Waals surface area contributed by atoms with E-state index in [1.165, 1.54) is 19.3 Å². The highest BCUT2D eigenvalue weighted by molar-refractivity contribution is 5.92. The molecule has 0 unspecified atom stereocenters. The molecule has 0 aromatic carbocycles. The van der Waals surface area contributed by atoms with Gasteiger partial charge in [0, 0.05) is 6.42 Å². The van der Waals surface area contributed by atoms with Gasteiger partial charge < -0.3 is 24.8 Å². The Labute approximate surface area is 224 Å². The van der Waals surface area contributed by atoms with Gasteiger partial charge in [0.05, 0.1) is 25.4 Å². The SMILES string of the molecule is C.CC(C)[C@@H]1CC[C@@H](C)C[C@@H]1O.CC(C)[C@@H]1CC[C@@H](C)C[C@@H]1OC(=O)CCC(O)O.O=C1CCC(=O)O1. The molecule has 8 nitrogen and oxygen atoms in total. The highest BCUT2D eigenvalue weighted by Gasteiger charge is 2.33. The summed E-state index contributed by atoms with van der Waals surface area (Å²) >= 11 is 0. The van der Waals surface area contributed by atoms with Crippen molar-refractivity contribution in [2.45, 2.75) is 132 Å². The molecule has 0 spiro atoms. The molecule has 2 saturated carbocycles. The van der Waals surface area contributed by atoms with Crippen LogP contribution in [0.3, 0.4) is 0 Å². The Bertz CT molecular complexity index is 661. The third-order valence-electron chi connectivity index (χ3n) is 7.60. The second-order valence-corrected chi connectivity index (χ2v) is 11.6. The fourth-order valence-electron chi connectivity index (χ4n) is 5.31. The number of rotatable bonds is 6. The molecule has 1 saturated heterocycles. The number of aliphatic hydroxyl groups is 3. The molecule has 2 aliphatic carbocycles. The van der Waals surface area contributed by atoms with Crippen molar-refractivity contribution in [1.29, 1.82) is 0 Å². The fraction of sp³-hybridized carbons (Fsp3) is 0.897. The van der Waals surface area contributed by atoms with E-state index >= 15 is 0 Å². The summed E-state index contributed by atoms with van der Waals surface area (Å²) in [5, 5.41) is 27.2. The molecule has 0 amide bonds. The van der Waals surface area contributed by atoms with Crippen LogP contribution >= 0.6 is 0 Å². The van der Waals surface area contributed by atoms with Crippen LogP contribution in [0.4, 0.5) is 0 Å². The molecule has 3 aliphatic rings. The van der Waals surface area contributed by atoms with Gasteiger partial charge in [-0.3, -0.25) is 14.4 Å². The van der Waals surface area contributed by atoms with Gasteiger partial charge >= 0.3 is 17.9 Å². The van der Waals surface area contributed by atoms with E-state index in [0.717, 1.165) is 25.2 Å². The minimum Gasteiger partial charge on any atom is -0.462 e. The predicted molar refractivity (Wildman–Crippen MR) is 143 cm³/mol. The Morgan fingerprint density at radius 2 is 1.38 bits per heavy atom. The first-order valence-electron chi connectivity index (χ1n) is 13.8. The van der Waals surface area contributed by atoms with Gasteiger partial charge in [-0.1, -0.05) is 61.8 Å². The first kappa shape index (κ1) is 35.5. The summed E-state index contributed by atoms with van der Waals surface area (Å²) in [6.07, 6.45) is 5.97. The van der Waals surface area contributed by atoms with Crippen LogP contribution in [0.15, 0.2) is 0 Å². The molecule has 3 rings (SSSR count). The number of carbonyl (C=O) groups excluding carboxylic acids is 3. The molecule has 8 heteroatoms. The van der Waals surface area contributed by atoms with Crippen LogP contribution in [-0.2, 0) is 23.9 Å². The standard InChI is InChI=1S/C14H26O4.C10H20O.C4H4O3.CH4/c1-9(2)11-5-4-10(3)8-12(11)18-14(17)7-6-13(15)16;1-7(2)9-5-4-8(3)6-10(9)11;5-3-1-2-4(6)7-3;/h9-13,15-16H,4-8H2,1-3H3;7-11H,4-6H2,1-3H3;1-2H2;1H4/t10-,11+,12+;8-,9+,10+;;/m11../s1. The average molecular weight is 531 g/mol. The average Bonchev–Trinajstić information content (AvgIpc) is 3.15. The molecule has 1 heterocycles. The Morgan fingerprint density at radius 3 is 1.78 bits per heavy atom. The van der Waals surface area contributed by atoms with E-state index in [2.05, 4.69) is 46.3 Å². The second kappa shape index (κ2) is 17.9. The van der Waals surface area contributed by atoms with Gasteiger partial charge in [-0.25, -0.2) is 0 Å². The summed E-state index contributed by atoms with van der Waals surface area (Å²) in [5.41, 5.74) is 0. The van der Waals surface area contributed by atoms with Gasteiger partial charge in [0.2, 0.25) is 0 Å². The van der Waals surface area contributed by atoms with Crippen molar-refractivity contribution >= 4 is 17.9 Å². The summed E-state index contributed by atoms with van der Waals surface area (Å²) in [4.78, 5) is 31.7. The lowest BCUT2D eigenvalue weighted by Gasteiger charge is -2.36. The normalized spacial score (nSPS) is 29.5. The summed E-state index contributed by atoms with van der Waals surface area (Å²) in [7, 11) is 0. The highest BCUT2D eigenvalue weighted by Crippen LogP contribution is 2.35. The molecule has 0 radical (unpaired) electrons. The zero-order chi connectivity index (χ0) is 27.4. The number of hydrogen-bond donors (Lipinski definition) is 3. The minimum absolute atomic E-state index is 0. The van der Waals surface area contributed by atoms with Crippen molar-refractivity contribution in [3.05, 3.63) is 0 Å². The van der Waals surface area contributed by atoms with Crippen molar-refractivity contribution in [2.75, 3.05) is 0 Å². The van der Waals surface area contributed by atoms with E-state index in [1.54, 1.807) is 0 Å². The zero-order valence-corrected chi connectivity index (χ0v) is 23.2. The summed E-state index contributed by atoms with van der Waals surface area (Å²) < 4.78 is 9.61.